The van der Waals surface area contributed by atoms with Gasteiger partial charge in [0.05, 0.1) is 28.7 Å². The maximum atomic E-state index is 11.9. The number of nitrogens with zero attached hydrogens (tertiary/aromatic N) is 2. The summed E-state index contributed by atoms with van der Waals surface area (Å²) in [6.45, 7) is 0.539. The Morgan fingerprint density at radius 2 is 1.94 bits per heavy atom. The summed E-state index contributed by atoms with van der Waals surface area (Å²) in [6, 6.07) is 12.8. The van der Waals surface area contributed by atoms with Crippen LogP contribution in [0.4, 0.5) is 11.5 Å². The average Bonchev–Trinajstić information content (AvgIpc) is 3.33. The summed E-state index contributed by atoms with van der Waals surface area (Å²) in [5.74, 6) is 0.134. The second-order valence-electron chi connectivity index (χ2n) is 6.67. The Bertz CT molecular complexity index is 1340. The zero-order valence-corrected chi connectivity index (χ0v) is 20.4. The number of esters is 1. The molecule has 6 nitrogen and oxygen atoms in total. The molecule has 0 aliphatic rings. The lowest BCUT2D eigenvalue weighted by Gasteiger charge is -2.09. The van der Waals surface area contributed by atoms with Gasteiger partial charge < -0.3 is 15.4 Å². The third-order valence-electron chi connectivity index (χ3n) is 4.47. The molecule has 4 aromatic rings. The minimum atomic E-state index is -0.459. The highest BCUT2D eigenvalue weighted by atomic mass is 35.5. The molecule has 0 bridgehead atoms. The van der Waals surface area contributed by atoms with Gasteiger partial charge in [0.1, 0.15) is 4.88 Å². The van der Waals surface area contributed by atoms with Crippen LogP contribution < -0.4 is 10.6 Å². The number of hydrogen-bond acceptors (Lipinski definition) is 5. The van der Waals surface area contributed by atoms with Crippen molar-refractivity contribution in [3.8, 4) is 0 Å². The first-order chi connectivity index (χ1) is 15.3. The molecule has 2 heterocycles. The van der Waals surface area contributed by atoms with Gasteiger partial charge in [-0.3, -0.25) is 4.68 Å². The number of carbonyl (C=O) groups excluding carboxylic acids is 1. The number of fused-ring (bicyclic) bond motifs is 1. The molecule has 164 valence electrons. The summed E-state index contributed by atoms with van der Waals surface area (Å²) >= 11 is 25.0. The Labute approximate surface area is 208 Å². The molecular weight excluding hydrogens is 511 g/mol. The molecule has 0 aliphatic heterocycles. The maximum Gasteiger partial charge on any atom is 0.349 e. The van der Waals surface area contributed by atoms with Gasteiger partial charge in [0.25, 0.3) is 0 Å². The Kier molecular flexibility index (Phi) is 6.88. The molecule has 0 spiro atoms. The van der Waals surface area contributed by atoms with Crippen molar-refractivity contribution in [3.63, 3.8) is 0 Å². The minimum Gasteiger partial charge on any atom is -0.465 e. The predicted octanol–water partition coefficient (Wildman–Crippen LogP) is 6.70. The molecule has 0 radical (unpaired) electrons. The molecule has 0 saturated heterocycles. The summed E-state index contributed by atoms with van der Waals surface area (Å²) < 4.78 is 7.38. The summed E-state index contributed by atoms with van der Waals surface area (Å²) in [4.78, 5) is 12.2. The van der Waals surface area contributed by atoms with E-state index >= 15 is 0 Å². The first kappa shape index (κ1) is 22.8. The van der Waals surface area contributed by atoms with Crippen LogP contribution in [0.5, 0.6) is 0 Å². The predicted molar refractivity (Wildman–Crippen MR) is 136 cm³/mol. The molecule has 0 unspecified atom stereocenters. The second-order valence-corrected chi connectivity index (χ2v) is 9.33. The van der Waals surface area contributed by atoms with Gasteiger partial charge in [-0.15, -0.1) is 11.3 Å². The number of anilines is 2. The van der Waals surface area contributed by atoms with Crippen LogP contribution in [0.25, 0.3) is 10.1 Å². The van der Waals surface area contributed by atoms with Gasteiger partial charge in [0.2, 0.25) is 0 Å². The standard InChI is InChI=1S/C21H15Cl3N4O2S2/c1-30-20(29)19-18(24)13-4-3-12(9-16(13)32-19)25-21(31)26-17-6-7-28(27-17)10-11-2-5-14(22)15(23)8-11/h2-9H,10H2,1H3,(H2,25,26,27,31). The van der Waals surface area contributed by atoms with Gasteiger partial charge in [-0.05, 0) is 48.1 Å². The quantitative estimate of drug-likeness (QED) is 0.223. The Balaban J connectivity index is 1.42. The highest BCUT2D eigenvalue weighted by Crippen LogP contribution is 2.37. The number of thiocarbonyl (C=S) groups is 1. The van der Waals surface area contributed by atoms with E-state index < -0.39 is 5.97 Å². The lowest BCUT2D eigenvalue weighted by atomic mass is 10.2. The summed E-state index contributed by atoms with van der Waals surface area (Å²) in [7, 11) is 1.33. The molecule has 32 heavy (non-hydrogen) atoms. The third kappa shape index (κ3) is 5.00. The van der Waals surface area contributed by atoms with Crippen molar-refractivity contribution in [2.24, 2.45) is 0 Å². The van der Waals surface area contributed by atoms with Gasteiger partial charge >= 0.3 is 5.97 Å². The van der Waals surface area contributed by atoms with Crippen molar-refractivity contribution in [2.75, 3.05) is 17.7 Å². The first-order valence-electron chi connectivity index (χ1n) is 9.20. The minimum absolute atomic E-state index is 0.370. The van der Waals surface area contributed by atoms with Crippen molar-refractivity contribution >= 4 is 91.0 Å². The van der Waals surface area contributed by atoms with Gasteiger partial charge in [-0.25, -0.2) is 4.79 Å². The lowest BCUT2D eigenvalue weighted by Crippen LogP contribution is -2.19. The highest BCUT2D eigenvalue weighted by molar-refractivity contribution is 7.80. The molecule has 4 rings (SSSR count). The number of carbonyl (C=O) groups is 1. The van der Waals surface area contributed by atoms with Crippen molar-refractivity contribution in [1.29, 1.82) is 0 Å². The summed E-state index contributed by atoms with van der Waals surface area (Å²) in [6.07, 6.45) is 1.83. The first-order valence-corrected chi connectivity index (χ1v) is 11.6. The second kappa shape index (κ2) is 9.64. The van der Waals surface area contributed by atoms with Gasteiger partial charge in [-0.2, -0.15) is 5.10 Å². The number of nitrogens with one attached hydrogen (secondary N) is 2. The van der Waals surface area contributed by atoms with Crippen LogP contribution in [0.2, 0.25) is 15.1 Å². The fourth-order valence-corrected chi connectivity index (χ4v) is 5.00. The van der Waals surface area contributed by atoms with E-state index in [2.05, 4.69) is 15.7 Å². The van der Waals surface area contributed by atoms with Crippen LogP contribution in [0.1, 0.15) is 15.2 Å². The van der Waals surface area contributed by atoms with E-state index in [9.17, 15) is 4.79 Å². The fraction of sp³-hybridized carbons (Fsp3) is 0.0952. The number of halogens is 3. The molecule has 0 saturated carbocycles. The zero-order valence-electron chi connectivity index (χ0n) is 16.5. The van der Waals surface area contributed by atoms with E-state index in [1.54, 1.807) is 10.7 Å². The summed E-state index contributed by atoms with van der Waals surface area (Å²) in [5, 5.41) is 13.2. The fourth-order valence-electron chi connectivity index (χ4n) is 2.99. The molecule has 11 heteroatoms. The van der Waals surface area contributed by atoms with E-state index in [1.807, 2.05) is 42.6 Å². The van der Waals surface area contributed by atoms with E-state index in [0.717, 1.165) is 21.3 Å². The van der Waals surface area contributed by atoms with Crippen LogP contribution in [-0.4, -0.2) is 28.0 Å². The van der Waals surface area contributed by atoms with E-state index in [0.29, 0.717) is 37.4 Å². The van der Waals surface area contributed by atoms with Gasteiger partial charge in [0, 0.05) is 28.0 Å². The van der Waals surface area contributed by atoms with Crippen LogP contribution in [0.15, 0.2) is 48.7 Å². The third-order valence-corrected chi connectivity index (χ3v) is 7.05. The molecular formula is C21H15Cl3N4O2S2. The number of methoxy groups -OCH3 is 1. The van der Waals surface area contributed by atoms with Crippen molar-refractivity contribution < 1.29 is 9.53 Å². The molecule has 2 N–H and O–H groups in total. The number of hydrogen-bond donors (Lipinski definition) is 2. The summed E-state index contributed by atoms with van der Waals surface area (Å²) in [5.41, 5.74) is 1.73. The van der Waals surface area contributed by atoms with Gasteiger partial charge in [-0.1, -0.05) is 40.9 Å². The van der Waals surface area contributed by atoms with E-state index in [-0.39, 0.29) is 0 Å². The number of rotatable bonds is 5. The molecule has 0 atom stereocenters. The molecule has 2 aromatic carbocycles. The number of thiophene rings is 1. The monoisotopic (exact) mass is 524 g/mol. The molecule has 0 fully saturated rings. The Hall–Kier alpha value is -2.36. The zero-order chi connectivity index (χ0) is 22.8. The van der Waals surface area contributed by atoms with Crippen molar-refractivity contribution in [3.05, 3.63) is 74.2 Å². The topological polar surface area (TPSA) is 68.2 Å². The van der Waals surface area contributed by atoms with Gasteiger partial charge in [0.15, 0.2) is 10.9 Å². The Morgan fingerprint density at radius 1 is 1.12 bits per heavy atom. The van der Waals surface area contributed by atoms with Crippen LogP contribution in [0, 0.1) is 0 Å². The molecule has 0 aliphatic carbocycles. The van der Waals surface area contributed by atoms with Crippen molar-refractivity contribution in [1.82, 2.24) is 9.78 Å². The van der Waals surface area contributed by atoms with Crippen molar-refractivity contribution in [2.45, 2.75) is 6.54 Å². The maximum absolute atomic E-state index is 11.9. The van der Waals surface area contributed by atoms with Crippen LogP contribution in [0.3, 0.4) is 0 Å². The molecule has 2 aromatic heterocycles. The lowest BCUT2D eigenvalue weighted by molar-refractivity contribution is 0.0606. The smallest absolute Gasteiger partial charge is 0.349 e. The molecule has 0 amide bonds. The number of benzene rings is 2. The number of aromatic nitrogens is 2. The SMILES string of the molecule is COC(=O)c1sc2cc(NC(=S)Nc3ccn(Cc4ccc(Cl)c(Cl)c4)n3)ccc2c1Cl. The Morgan fingerprint density at radius 3 is 2.69 bits per heavy atom. The van der Waals surface area contributed by atoms with E-state index in [4.69, 9.17) is 51.8 Å². The normalized spacial score (nSPS) is 10.9. The van der Waals surface area contributed by atoms with Crippen LogP contribution >= 0.6 is 58.4 Å². The largest absolute Gasteiger partial charge is 0.465 e. The van der Waals surface area contributed by atoms with E-state index in [1.165, 1.54) is 18.4 Å². The number of ether oxygens (including phenoxy) is 1. The average molecular weight is 526 g/mol. The van der Waals surface area contributed by atoms with Crippen LogP contribution in [-0.2, 0) is 11.3 Å². The highest BCUT2D eigenvalue weighted by Gasteiger charge is 2.18.